The highest BCUT2D eigenvalue weighted by Crippen LogP contribution is 2.65. The van der Waals surface area contributed by atoms with Gasteiger partial charge in [0, 0.05) is 33.3 Å². The van der Waals surface area contributed by atoms with E-state index in [1.165, 1.54) is 104 Å². The van der Waals surface area contributed by atoms with Crippen LogP contribution in [0.2, 0.25) is 0 Å². The molecule has 12 aromatic carbocycles. The number of nitrogens with zero attached hydrogens (tertiary/aromatic N) is 2. The fraction of sp³-hybridized carbons (Fsp3) is 0.0149. The third kappa shape index (κ3) is 5.15. The Kier molecular flexibility index (Phi) is 8.02. The second kappa shape index (κ2) is 14.5. The molecular formula is C67H42N2. The molecule has 0 bridgehead atoms. The van der Waals surface area contributed by atoms with Crippen LogP contribution in [0.3, 0.4) is 0 Å². The minimum atomic E-state index is -0.482. The van der Waals surface area contributed by atoms with Gasteiger partial charge in [0.25, 0.3) is 0 Å². The predicted octanol–water partition coefficient (Wildman–Crippen LogP) is 17.7. The van der Waals surface area contributed by atoms with Crippen molar-refractivity contribution in [1.82, 2.24) is 4.57 Å². The van der Waals surface area contributed by atoms with E-state index >= 15 is 0 Å². The smallest absolute Gasteiger partial charge is 0.0726 e. The lowest BCUT2D eigenvalue weighted by atomic mass is 9.70. The molecule has 0 N–H and O–H groups in total. The summed E-state index contributed by atoms with van der Waals surface area (Å²) in [4.78, 5) is 2.58. The van der Waals surface area contributed by atoms with Gasteiger partial charge in [-0.1, -0.05) is 206 Å². The number of para-hydroxylation sites is 3. The van der Waals surface area contributed by atoms with E-state index in [-0.39, 0.29) is 0 Å². The Morgan fingerprint density at radius 2 is 0.754 bits per heavy atom. The lowest BCUT2D eigenvalue weighted by Crippen LogP contribution is -2.26. The van der Waals surface area contributed by atoms with E-state index in [1.807, 2.05) is 0 Å². The van der Waals surface area contributed by atoms with Gasteiger partial charge in [-0.25, -0.2) is 0 Å². The number of hydrogen-bond acceptors (Lipinski definition) is 1. The van der Waals surface area contributed by atoms with Gasteiger partial charge in [0.05, 0.1) is 27.8 Å². The van der Waals surface area contributed by atoms with Crippen LogP contribution in [0, 0.1) is 0 Å². The summed E-state index contributed by atoms with van der Waals surface area (Å²) in [6.45, 7) is 0. The summed E-state index contributed by atoms with van der Waals surface area (Å²) in [7, 11) is 0. The number of fused-ring (bicyclic) bond motifs is 19. The zero-order chi connectivity index (χ0) is 45.2. The average molecular weight is 875 g/mol. The minimum absolute atomic E-state index is 0.482. The van der Waals surface area contributed by atoms with Gasteiger partial charge in [-0.05, 0) is 125 Å². The van der Waals surface area contributed by atoms with Crippen LogP contribution in [0.5, 0.6) is 0 Å². The van der Waals surface area contributed by atoms with E-state index < -0.39 is 5.41 Å². The van der Waals surface area contributed by atoms with Crippen molar-refractivity contribution in [2.45, 2.75) is 5.41 Å². The van der Waals surface area contributed by atoms with Crippen molar-refractivity contribution >= 4 is 71.2 Å². The lowest BCUT2D eigenvalue weighted by Gasteiger charge is -2.32. The van der Waals surface area contributed by atoms with Crippen molar-refractivity contribution in [3.8, 4) is 39.1 Å². The molecule has 0 unspecified atom stereocenters. The zero-order valence-corrected chi connectivity index (χ0v) is 37.6. The van der Waals surface area contributed by atoms with E-state index in [9.17, 15) is 0 Å². The van der Waals surface area contributed by atoms with E-state index in [0.717, 1.165) is 28.3 Å². The largest absolute Gasteiger partial charge is 0.309 e. The second-order valence-electron chi connectivity index (χ2n) is 18.6. The Bertz CT molecular complexity index is 4190. The molecule has 1 spiro atoms. The molecule has 2 nitrogen and oxygen atoms in total. The van der Waals surface area contributed by atoms with Gasteiger partial charge in [0.15, 0.2) is 0 Å². The lowest BCUT2D eigenvalue weighted by molar-refractivity contribution is 0.794. The SMILES string of the molecule is c1ccc(-n2c3ccccc3c3c(-c4ccccc4N(c4ccc5c6ccccc6c6ccccc6c5c4)c4cccc5c4-c4ccccc4C54c5ccccc5-c5ccccc54)cccc32)cc1. The first-order chi connectivity index (χ1) is 34.3. The predicted molar refractivity (Wildman–Crippen MR) is 290 cm³/mol. The maximum Gasteiger partial charge on any atom is 0.0726 e. The molecule has 1 heterocycles. The number of aromatic nitrogens is 1. The summed E-state index contributed by atoms with van der Waals surface area (Å²) in [5.74, 6) is 0. The van der Waals surface area contributed by atoms with Crippen LogP contribution in [-0.2, 0) is 5.41 Å². The summed E-state index contributed by atoms with van der Waals surface area (Å²) in [6, 6.07) is 95.0. The standard InChI is InChI=1S/C67H42N2/c1-2-20-43(21-3-1)68-62-37-17-12-30-55(62)65-53(31-18-38-63(65)68)52-28-11-16-36-61(52)69(44-40-41-49-47-24-5-4-22-45(47)46-23-6-7-25-48(46)56(49)42-44)64-39-19-35-60-66(64)54-29-10-15-34-59(54)67(60)57-32-13-8-26-50(57)51-27-9-14-33-58(51)67/h1-42H. The Hall–Kier alpha value is -8.98. The highest BCUT2D eigenvalue weighted by molar-refractivity contribution is 6.26. The van der Waals surface area contributed by atoms with Crippen LogP contribution in [0.25, 0.3) is 93.2 Å². The minimum Gasteiger partial charge on any atom is -0.309 e. The molecule has 2 heteroatoms. The van der Waals surface area contributed by atoms with Crippen molar-refractivity contribution in [3.05, 3.63) is 277 Å². The van der Waals surface area contributed by atoms with Gasteiger partial charge in [0.1, 0.15) is 0 Å². The van der Waals surface area contributed by atoms with Crippen LogP contribution in [0.1, 0.15) is 22.3 Å². The average Bonchev–Trinajstić information content (AvgIpc) is 4.04. The molecule has 69 heavy (non-hydrogen) atoms. The van der Waals surface area contributed by atoms with Gasteiger partial charge in [-0.3, -0.25) is 0 Å². The molecule has 2 aliphatic carbocycles. The molecule has 0 saturated carbocycles. The van der Waals surface area contributed by atoms with Gasteiger partial charge in [0.2, 0.25) is 0 Å². The van der Waals surface area contributed by atoms with Crippen LogP contribution in [-0.4, -0.2) is 4.57 Å². The molecular weight excluding hydrogens is 833 g/mol. The van der Waals surface area contributed by atoms with Crippen LogP contribution < -0.4 is 4.90 Å². The molecule has 0 atom stereocenters. The summed E-state index contributed by atoms with van der Waals surface area (Å²) >= 11 is 0. The van der Waals surface area contributed by atoms with Crippen molar-refractivity contribution < 1.29 is 0 Å². The zero-order valence-electron chi connectivity index (χ0n) is 37.6. The molecule has 1 aromatic heterocycles. The fourth-order valence-electron chi connectivity index (χ4n) is 12.7. The quantitative estimate of drug-likeness (QED) is 0.156. The topological polar surface area (TPSA) is 8.17 Å². The van der Waals surface area contributed by atoms with E-state index in [1.54, 1.807) is 0 Å². The first kappa shape index (κ1) is 38.2. The van der Waals surface area contributed by atoms with Gasteiger partial charge in [-0.15, -0.1) is 0 Å². The number of rotatable bonds is 5. The Morgan fingerprint density at radius 1 is 0.290 bits per heavy atom. The first-order valence-corrected chi connectivity index (χ1v) is 24.0. The van der Waals surface area contributed by atoms with Crippen molar-refractivity contribution in [3.63, 3.8) is 0 Å². The highest BCUT2D eigenvalue weighted by atomic mass is 15.1. The molecule has 0 saturated heterocycles. The molecule has 13 aromatic rings. The van der Waals surface area contributed by atoms with E-state index in [4.69, 9.17) is 0 Å². The normalized spacial score (nSPS) is 13.0. The molecule has 15 rings (SSSR count). The molecule has 320 valence electrons. The highest BCUT2D eigenvalue weighted by Gasteiger charge is 2.52. The number of hydrogen-bond donors (Lipinski definition) is 0. The Labute approximate surface area is 400 Å². The Balaban J connectivity index is 1.06. The van der Waals surface area contributed by atoms with Crippen molar-refractivity contribution in [2.75, 3.05) is 4.90 Å². The van der Waals surface area contributed by atoms with Gasteiger partial charge >= 0.3 is 0 Å². The fourth-order valence-corrected chi connectivity index (χ4v) is 12.7. The molecule has 0 fully saturated rings. The maximum atomic E-state index is 2.58. The second-order valence-corrected chi connectivity index (χ2v) is 18.6. The molecule has 0 radical (unpaired) electrons. The maximum absolute atomic E-state index is 2.58. The van der Waals surface area contributed by atoms with Crippen molar-refractivity contribution in [1.29, 1.82) is 0 Å². The van der Waals surface area contributed by atoms with E-state index in [0.29, 0.717) is 0 Å². The monoisotopic (exact) mass is 874 g/mol. The molecule has 0 amide bonds. The first-order valence-electron chi connectivity index (χ1n) is 24.0. The summed E-state index contributed by atoms with van der Waals surface area (Å²) < 4.78 is 2.42. The van der Waals surface area contributed by atoms with Crippen LogP contribution in [0.15, 0.2) is 255 Å². The van der Waals surface area contributed by atoms with Gasteiger partial charge in [-0.2, -0.15) is 0 Å². The Morgan fingerprint density at radius 3 is 1.45 bits per heavy atom. The summed E-state index contributed by atoms with van der Waals surface area (Å²) in [5, 5.41) is 10.0. The number of benzene rings is 12. The number of anilines is 3. The molecule has 0 aliphatic heterocycles. The third-order valence-electron chi connectivity index (χ3n) is 15.4. The third-order valence-corrected chi connectivity index (χ3v) is 15.4. The molecule has 2 aliphatic rings. The van der Waals surface area contributed by atoms with E-state index in [2.05, 4.69) is 264 Å². The van der Waals surface area contributed by atoms with Crippen LogP contribution >= 0.6 is 0 Å². The summed E-state index contributed by atoms with van der Waals surface area (Å²) in [5.41, 5.74) is 19.2. The summed E-state index contributed by atoms with van der Waals surface area (Å²) in [6.07, 6.45) is 0. The van der Waals surface area contributed by atoms with Gasteiger partial charge < -0.3 is 9.47 Å². The van der Waals surface area contributed by atoms with Crippen molar-refractivity contribution in [2.24, 2.45) is 0 Å². The van der Waals surface area contributed by atoms with Crippen LogP contribution in [0.4, 0.5) is 17.1 Å².